The molecule has 8 nitrogen and oxygen atoms in total. The number of hydrogen-bond acceptors (Lipinski definition) is 7. The number of carbonyl (C=O) groups is 2. The molecule has 0 spiro atoms. The van der Waals surface area contributed by atoms with Gasteiger partial charge < -0.3 is 19.8 Å². The molecule has 3 aromatic carbocycles. The number of nitrogens with two attached hydrogens (primary N) is 1. The number of imidazole rings is 1. The molecular weight excluding hydrogens is 488 g/mol. The first-order valence-electron chi connectivity index (χ1n) is 11.8. The predicted molar refractivity (Wildman–Crippen MR) is 147 cm³/mol. The maximum Gasteiger partial charge on any atom is 0.239 e. The van der Waals surface area contributed by atoms with Gasteiger partial charge in [0.05, 0.1) is 16.3 Å². The Morgan fingerprint density at radius 2 is 1.76 bits per heavy atom. The van der Waals surface area contributed by atoms with Crippen LogP contribution in [0.2, 0.25) is 0 Å². The highest BCUT2D eigenvalue weighted by Crippen LogP contribution is 2.30. The van der Waals surface area contributed by atoms with Crippen LogP contribution < -0.4 is 20.5 Å². The number of anilines is 1. The van der Waals surface area contributed by atoms with Gasteiger partial charge in [0.2, 0.25) is 12.3 Å². The molecule has 0 radical (unpaired) electrons. The number of nitrogens with one attached hydrogen (secondary N) is 1. The van der Waals surface area contributed by atoms with E-state index in [1.807, 2.05) is 86.3 Å². The van der Waals surface area contributed by atoms with Crippen LogP contribution in [0.25, 0.3) is 11.0 Å². The van der Waals surface area contributed by atoms with Crippen LogP contribution in [0.5, 0.6) is 17.2 Å². The number of nitrogen functional groups attached to an aromatic ring is 1. The average Bonchev–Trinajstić information content (AvgIpc) is 3.20. The molecule has 0 fully saturated rings. The van der Waals surface area contributed by atoms with Gasteiger partial charge in [0, 0.05) is 18.8 Å². The number of carbonyl (C=O) groups excluding carboxylic acids is 2. The van der Waals surface area contributed by atoms with Crippen LogP contribution in [-0.2, 0) is 29.7 Å². The molecule has 4 rings (SSSR count). The summed E-state index contributed by atoms with van der Waals surface area (Å²) in [7, 11) is 1.95. The van der Waals surface area contributed by atoms with E-state index in [1.54, 1.807) is 0 Å². The number of amides is 2. The van der Waals surface area contributed by atoms with Gasteiger partial charge in [-0.25, -0.2) is 4.98 Å². The molecule has 192 valence electrons. The van der Waals surface area contributed by atoms with Crippen LogP contribution >= 0.6 is 11.8 Å². The van der Waals surface area contributed by atoms with Crippen LogP contribution in [0.15, 0.2) is 54.6 Å². The molecule has 9 heteroatoms. The van der Waals surface area contributed by atoms with Gasteiger partial charge in [-0.2, -0.15) is 11.8 Å². The molecule has 0 saturated carbocycles. The van der Waals surface area contributed by atoms with E-state index in [0.717, 1.165) is 45.0 Å². The second kappa shape index (κ2) is 11.4. The van der Waals surface area contributed by atoms with Crippen molar-refractivity contribution in [1.82, 2.24) is 14.9 Å². The highest BCUT2D eigenvalue weighted by Gasteiger charge is 2.17. The highest BCUT2D eigenvalue weighted by molar-refractivity contribution is 7.99. The van der Waals surface area contributed by atoms with E-state index in [2.05, 4.69) is 5.32 Å². The number of imide groups is 1. The van der Waals surface area contributed by atoms with E-state index in [0.29, 0.717) is 30.9 Å². The van der Waals surface area contributed by atoms with E-state index in [9.17, 15) is 9.59 Å². The van der Waals surface area contributed by atoms with Crippen molar-refractivity contribution in [3.63, 3.8) is 0 Å². The van der Waals surface area contributed by atoms with Gasteiger partial charge in [-0.05, 0) is 79.6 Å². The summed E-state index contributed by atoms with van der Waals surface area (Å²) in [6.07, 6.45) is 2.78. The smallest absolute Gasteiger partial charge is 0.239 e. The van der Waals surface area contributed by atoms with E-state index in [1.165, 1.54) is 11.8 Å². The van der Waals surface area contributed by atoms with Gasteiger partial charge in [0.25, 0.3) is 0 Å². The number of rotatable bonds is 10. The van der Waals surface area contributed by atoms with Crippen LogP contribution in [0, 0.1) is 13.8 Å². The molecule has 0 aliphatic rings. The molecule has 1 atom stereocenters. The maximum absolute atomic E-state index is 12.0. The molecule has 0 aliphatic carbocycles. The molecule has 1 aromatic heterocycles. The molecule has 3 N–H and O–H groups in total. The second-order valence-corrected chi connectivity index (χ2v) is 9.84. The second-order valence-electron chi connectivity index (χ2n) is 8.80. The Hall–Kier alpha value is -3.98. The fourth-order valence-corrected chi connectivity index (χ4v) is 4.70. The fraction of sp³-hybridized carbons (Fsp3) is 0.250. The lowest BCUT2D eigenvalue weighted by Crippen LogP contribution is -2.32. The molecule has 0 saturated heterocycles. The first-order chi connectivity index (χ1) is 17.8. The number of fused-ring (bicyclic) bond motifs is 1. The molecule has 1 heterocycles. The number of ether oxygens (including phenoxy) is 2. The number of thioether (sulfide) groups is 1. The number of aryl methyl sites for hydroxylation is 3. The Kier molecular flexibility index (Phi) is 8.03. The van der Waals surface area contributed by atoms with Crippen LogP contribution in [0.1, 0.15) is 22.5 Å². The molecule has 4 aromatic rings. The minimum Gasteiger partial charge on any atom is -0.486 e. The molecule has 37 heavy (non-hydrogen) atoms. The summed E-state index contributed by atoms with van der Waals surface area (Å²) >= 11 is 1.40. The summed E-state index contributed by atoms with van der Waals surface area (Å²) in [5.41, 5.74) is 11.6. The van der Waals surface area contributed by atoms with E-state index >= 15 is 0 Å². The topological polar surface area (TPSA) is 108 Å². The quantitative estimate of drug-likeness (QED) is 0.232. The first-order valence-corrected chi connectivity index (χ1v) is 13.1. The lowest BCUT2D eigenvalue weighted by molar-refractivity contribution is -0.124. The van der Waals surface area contributed by atoms with Gasteiger partial charge in [0.1, 0.15) is 29.7 Å². The summed E-state index contributed by atoms with van der Waals surface area (Å²) in [4.78, 5) is 27.2. The normalized spacial score (nSPS) is 11.8. The van der Waals surface area contributed by atoms with Gasteiger partial charge in [-0.15, -0.1) is 0 Å². The zero-order valence-corrected chi connectivity index (χ0v) is 22.1. The van der Waals surface area contributed by atoms with Crippen LogP contribution in [-0.4, -0.2) is 33.4 Å². The monoisotopic (exact) mass is 518 g/mol. The first kappa shape index (κ1) is 26.1. The fourth-order valence-electron chi connectivity index (χ4n) is 4.06. The Labute approximate surface area is 220 Å². The van der Waals surface area contributed by atoms with E-state index in [-0.39, 0.29) is 11.2 Å². The lowest BCUT2D eigenvalue weighted by atomic mass is 10.1. The zero-order valence-electron chi connectivity index (χ0n) is 21.3. The molecule has 0 bridgehead atoms. The van der Waals surface area contributed by atoms with Crippen molar-refractivity contribution < 1.29 is 19.1 Å². The van der Waals surface area contributed by atoms with Crippen LogP contribution in [0.3, 0.4) is 0 Å². The number of hydrogen-bond donors (Lipinski definition) is 2. The van der Waals surface area contributed by atoms with E-state index < -0.39 is 0 Å². The van der Waals surface area contributed by atoms with Crippen molar-refractivity contribution in [3.8, 4) is 17.2 Å². The predicted octanol–water partition coefficient (Wildman–Crippen LogP) is 4.69. The van der Waals surface area contributed by atoms with Crippen molar-refractivity contribution in [3.05, 3.63) is 77.1 Å². The third kappa shape index (κ3) is 6.06. The maximum atomic E-state index is 12.0. The molecule has 1 unspecified atom stereocenters. The van der Waals surface area contributed by atoms with Crippen molar-refractivity contribution in [2.45, 2.75) is 32.1 Å². The van der Waals surface area contributed by atoms with Crippen molar-refractivity contribution >= 4 is 40.8 Å². The lowest BCUT2D eigenvalue weighted by Gasteiger charge is -2.13. The van der Waals surface area contributed by atoms with Crippen molar-refractivity contribution in [1.29, 1.82) is 0 Å². The largest absolute Gasteiger partial charge is 0.486 e. The van der Waals surface area contributed by atoms with Crippen molar-refractivity contribution in [2.24, 2.45) is 7.05 Å². The van der Waals surface area contributed by atoms with Gasteiger partial charge in [-0.1, -0.05) is 12.1 Å². The summed E-state index contributed by atoms with van der Waals surface area (Å²) in [6.45, 7) is 4.23. The van der Waals surface area contributed by atoms with Gasteiger partial charge in [-0.3, -0.25) is 14.9 Å². The Morgan fingerprint density at radius 1 is 1.08 bits per heavy atom. The summed E-state index contributed by atoms with van der Waals surface area (Å²) in [5, 5.41) is 1.88. The third-order valence-electron chi connectivity index (χ3n) is 6.24. The SMILES string of the molecule is CSC(Cc1ccc(OCc2nc3ccc(Oc4cc(C)c(N)c(C)c4)cc3n2C)cc1)C(=O)NC=O. The third-order valence-corrected chi connectivity index (χ3v) is 7.19. The summed E-state index contributed by atoms with van der Waals surface area (Å²) in [6, 6.07) is 17.2. The Bertz CT molecular complexity index is 1410. The van der Waals surface area contributed by atoms with Gasteiger partial charge >= 0.3 is 0 Å². The van der Waals surface area contributed by atoms with Crippen molar-refractivity contribution in [2.75, 3.05) is 12.0 Å². The minimum absolute atomic E-state index is 0.295. The Balaban J connectivity index is 1.42. The molecule has 0 aliphatic heterocycles. The zero-order chi connectivity index (χ0) is 26.5. The standard InChI is InChI=1S/C28H30N4O4S/c1-17-11-22(12-18(2)27(17)29)36-21-9-10-23-24(14-21)32(3)26(31-23)15-35-20-7-5-19(6-8-20)13-25(37-4)28(34)30-16-33/h5-12,14,16,25H,13,15,29H2,1-4H3,(H,30,33,34). The van der Waals surface area contributed by atoms with Crippen LogP contribution in [0.4, 0.5) is 5.69 Å². The average molecular weight is 519 g/mol. The molecule has 2 amide bonds. The number of nitrogens with zero attached hydrogens (tertiary/aromatic N) is 2. The van der Waals surface area contributed by atoms with Gasteiger partial charge in [0.15, 0.2) is 0 Å². The van der Waals surface area contributed by atoms with E-state index in [4.69, 9.17) is 20.2 Å². The summed E-state index contributed by atoms with van der Waals surface area (Å²) in [5.74, 6) is 2.64. The highest BCUT2D eigenvalue weighted by atomic mass is 32.2. The number of aromatic nitrogens is 2. The minimum atomic E-state index is -0.334. The Morgan fingerprint density at radius 3 is 2.41 bits per heavy atom. The molecular formula is C28H30N4O4S. The number of benzene rings is 3. The summed E-state index contributed by atoms with van der Waals surface area (Å²) < 4.78 is 14.1.